The molecule has 0 radical (unpaired) electrons. The lowest BCUT2D eigenvalue weighted by molar-refractivity contribution is 0.415. The molecule has 0 spiro atoms. The van der Waals surface area contributed by atoms with Gasteiger partial charge in [-0.2, -0.15) is 0 Å². The molecule has 0 saturated heterocycles. The Morgan fingerprint density at radius 2 is 2.11 bits per heavy atom. The van der Waals surface area contributed by atoms with E-state index in [9.17, 15) is 0 Å². The normalized spacial score (nSPS) is 10.9. The lowest BCUT2D eigenvalue weighted by Gasteiger charge is -2.02. The zero-order chi connectivity index (χ0) is 13.4. The van der Waals surface area contributed by atoms with Crippen molar-refractivity contribution >= 4 is 22.5 Å². The van der Waals surface area contributed by atoms with Gasteiger partial charge in [0.15, 0.2) is 0 Å². The molecule has 3 rings (SSSR count). The minimum absolute atomic E-state index is 0.253. The number of aryl methyl sites for hydroxylation is 1. The Morgan fingerprint density at radius 1 is 1.26 bits per heavy atom. The number of fused-ring (bicyclic) bond motifs is 1. The SMILES string of the molecule is COc1ccc2c(-c3ccnc(Cl)n3)cn(C)c2c1. The van der Waals surface area contributed by atoms with Crippen LogP contribution < -0.4 is 4.74 Å². The van der Waals surface area contributed by atoms with E-state index in [4.69, 9.17) is 16.3 Å². The van der Waals surface area contributed by atoms with E-state index >= 15 is 0 Å². The average Bonchev–Trinajstić information content (AvgIpc) is 2.76. The minimum atomic E-state index is 0.253. The van der Waals surface area contributed by atoms with Gasteiger partial charge in [-0.15, -0.1) is 0 Å². The molecule has 0 saturated carbocycles. The summed E-state index contributed by atoms with van der Waals surface area (Å²) in [4.78, 5) is 8.17. The maximum atomic E-state index is 5.85. The number of nitrogens with zero attached hydrogens (tertiary/aromatic N) is 3. The van der Waals surface area contributed by atoms with Crippen molar-refractivity contribution in [1.82, 2.24) is 14.5 Å². The molecular weight excluding hydrogens is 262 g/mol. The summed E-state index contributed by atoms with van der Waals surface area (Å²) in [5, 5.41) is 1.36. The maximum Gasteiger partial charge on any atom is 0.222 e. The van der Waals surface area contributed by atoms with Gasteiger partial charge < -0.3 is 9.30 Å². The van der Waals surface area contributed by atoms with Crippen molar-refractivity contribution in [2.24, 2.45) is 7.05 Å². The van der Waals surface area contributed by atoms with Crippen LogP contribution in [0.15, 0.2) is 36.7 Å². The van der Waals surface area contributed by atoms with E-state index in [-0.39, 0.29) is 5.28 Å². The van der Waals surface area contributed by atoms with Gasteiger partial charge in [0, 0.05) is 36.5 Å². The van der Waals surface area contributed by atoms with Crippen LogP contribution in [0.2, 0.25) is 5.28 Å². The van der Waals surface area contributed by atoms with Crippen LogP contribution >= 0.6 is 11.6 Å². The first-order valence-electron chi connectivity index (χ1n) is 5.81. The van der Waals surface area contributed by atoms with Crippen LogP contribution in [0, 0.1) is 0 Å². The summed E-state index contributed by atoms with van der Waals surface area (Å²) in [6.07, 6.45) is 3.69. The average molecular weight is 274 g/mol. The van der Waals surface area contributed by atoms with Gasteiger partial charge in [-0.05, 0) is 29.8 Å². The second kappa shape index (κ2) is 4.55. The highest BCUT2D eigenvalue weighted by atomic mass is 35.5. The van der Waals surface area contributed by atoms with Crippen molar-refractivity contribution in [1.29, 1.82) is 0 Å². The monoisotopic (exact) mass is 273 g/mol. The fraction of sp³-hybridized carbons (Fsp3) is 0.143. The van der Waals surface area contributed by atoms with Crippen LogP contribution in [0.25, 0.3) is 22.2 Å². The van der Waals surface area contributed by atoms with Crippen molar-refractivity contribution in [2.45, 2.75) is 0 Å². The molecule has 5 heteroatoms. The highest BCUT2D eigenvalue weighted by Gasteiger charge is 2.11. The number of ether oxygens (including phenoxy) is 1. The van der Waals surface area contributed by atoms with E-state index in [0.717, 1.165) is 27.9 Å². The quantitative estimate of drug-likeness (QED) is 0.673. The zero-order valence-electron chi connectivity index (χ0n) is 10.6. The second-order valence-electron chi connectivity index (χ2n) is 4.25. The van der Waals surface area contributed by atoms with Crippen molar-refractivity contribution in [3.8, 4) is 17.0 Å². The molecule has 4 nitrogen and oxygen atoms in total. The fourth-order valence-electron chi connectivity index (χ4n) is 2.18. The van der Waals surface area contributed by atoms with Gasteiger partial charge in [0.25, 0.3) is 0 Å². The predicted molar refractivity (Wildman–Crippen MR) is 75.5 cm³/mol. The van der Waals surface area contributed by atoms with Gasteiger partial charge in [0.05, 0.1) is 18.3 Å². The molecule has 0 aliphatic heterocycles. The number of methoxy groups -OCH3 is 1. The summed E-state index contributed by atoms with van der Waals surface area (Å²) in [6, 6.07) is 7.82. The van der Waals surface area contributed by atoms with Crippen LogP contribution in [-0.2, 0) is 7.05 Å². The molecule has 0 unspecified atom stereocenters. The minimum Gasteiger partial charge on any atom is -0.497 e. The molecular formula is C14H12ClN3O. The van der Waals surface area contributed by atoms with Crippen LogP contribution in [0.3, 0.4) is 0 Å². The summed E-state index contributed by atoms with van der Waals surface area (Å²) in [5.41, 5.74) is 2.93. The summed E-state index contributed by atoms with van der Waals surface area (Å²) in [5.74, 6) is 0.834. The summed E-state index contributed by atoms with van der Waals surface area (Å²) in [7, 11) is 3.66. The Kier molecular flexibility index (Phi) is 2.87. The van der Waals surface area contributed by atoms with E-state index < -0.39 is 0 Å². The third-order valence-corrected chi connectivity index (χ3v) is 3.28. The highest BCUT2D eigenvalue weighted by molar-refractivity contribution is 6.28. The summed E-state index contributed by atoms with van der Waals surface area (Å²) >= 11 is 5.85. The number of hydrogen-bond acceptors (Lipinski definition) is 3. The molecule has 96 valence electrons. The predicted octanol–water partition coefficient (Wildman–Crippen LogP) is 3.30. The van der Waals surface area contributed by atoms with E-state index in [1.54, 1.807) is 13.3 Å². The number of aromatic nitrogens is 3. The molecule has 2 aromatic heterocycles. The molecule has 0 fully saturated rings. The van der Waals surface area contributed by atoms with E-state index in [0.29, 0.717) is 0 Å². The Hall–Kier alpha value is -2.07. The first-order valence-corrected chi connectivity index (χ1v) is 6.19. The number of benzene rings is 1. The number of halogens is 1. The Balaban J connectivity index is 2.25. The molecule has 0 aliphatic carbocycles. The third kappa shape index (κ3) is 2.04. The molecule has 19 heavy (non-hydrogen) atoms. The lowest BCUT2D eigenvalue weighted by Crippen LogP contribution is -1.86. The summed E-state index contributed by atoms with van der Waals surface area (Å²) in [6.45, 7) is 0. The molecule has 0 bridgehead atoms. The molecule has 0 N–H and O–H groups in total. The Bertz CT molecular complexity index is 752. The maximum absolute atomic E-state index is 5.85. The molecule has 0 atom stereocenters. The van der Waals surface area contributed by atoms with Crippen molar-refractivity contribution < 1.29 is 4.74 Å². The highest BCUT2D eigenvalue weighted by Crippen LogP contribution is 2.31. The molecule has 0 aliphatic rings. The molecule has 0 amide bonds. The van der Waals surface area contributed by atoms with Crippen molar-refractivity contribution in [3.63, 3.8) is 0 Å². The number of hydrogen-bond donors (Lipinski definition) is 0. The van der Waals surface area contributed by atoms with Crippen molar-refractivity contribution in [2.75, 3.05) is 7.11 Å². The standard InChI is InChI=1S/C14H12ClN3O/c1-18-8-11(12-5-6-16-14(15)17-12)10-4-3-9(19-2)7-13(10)18/h3-8H,1-2H3. The largest absolute Gasteiger partial charge is 0.497 e. The van der Waals surface area contributed by atoms with Crippen LogP contribution in [0.5, 0.6) is 5.75 Å². The topological polar surface area (TPSA) is 39.9 Å². The number of rotatable bonds is 2. The molecule has 1 aromatic carbocycles. The van der Waals surface area contributed by atoms with Gasteiger partial charge >= 0.3 is 0 Å². The van der Waals surface area contributed by atoms with Crippen LogP contribution in [0.1, 0.15) is 0 Å². The van der Waals surface area contributed by atoms with Gasteiger partial charge in [0.1, 0.15) is 5.75 Å². The van der Waals surface area contributed by atoms with Gasteiger partial charge in [0.2, 0.25) is 5.28 Å². The van der Waals surface area contributed by atoms with E-state index in [1.165, 1.54) is 0 Å². The second-order valence-corrected chi connectivity index (χ2v) is 4.59. The smallest absolute Gasteiger partial charge is 0.222 e. The zero-order valence-corrected chi connectivity index (χ0v) is 11.3. The van der Waals surface area contributed by atoms with E-state index in [2.05, 4.69) is 9.97 Å². The Morgan fingerprint density at radius 3 is 2.84 bits per heavy atom. The fourth-order valence-corrected chi connectivity index (χ4v) is 2.33. The van der Waals surface area contributed by atoms with Gasteiger partial charge in [-0.1, -0.05) is 0 Å². The van der Waals surface area contributed by atoms with Crippen molar-refractivity contribution in [3.05, 3.63) is 41.9 Å². The Labute approximate surface area is 115 Å². The lowest BCUT2D eigenvalue weighted by atomic mass is 10.1. The first kappa shape index (κ1) is 12.0. The third-order valence-electron chi connectivity index (χ3n) is 3.10. The van der Waals surface area contributed by atoms with Gasteiger partial charge in [-0.25, -0.2) is 9.97 Å². The first-order chi connectivity index (χ1) is 9.19. The van der Waals surface area contributed by atoms with Crippen LogP contribution in [0.4, 0.5) is 0 Å². The van der Waals surface area contributed by atoms with Crippen LogP contribution in [-0.4, -0.2) is 21.6 Å². The van der Waals surface area contributed by atoms with E-state index in [1.807, 2.05) is 42.1 Å². The molecule has 2 heterocycles. The summed E-state index contributed by atoms with van der Waals surface area (Å²) < 4.78 is 7.30. The van der Waals surface area contributed by atoms with Gasteiger partial charge in [-0.3, -0.25) is 0 Å². The molecule has 3 aromatic rings.